The monoisotopic (exact) mass is 310 g/mol. The van der Waals surface area contributed by atoms with E-state index < -0.39 is 0 Å². The summed E-state index contributed by atoms with van der Waals surface area (Å²) < 4.78 is 7.58. The van der Waals surface area contributed by atoms with Crippen LogP contribution in [0, 0.1) is 0 Å². The molecule has 0 amide bonds. The molecule has 0 radical (unpaired) electrons. The highest BCUT2D eigenvalue weighted by molar-refractivity contribution is 5.52. The lowest BCUT2D eigenvalue weighted by Gasteiger charge is -2.21. The summed E-state index contributed by atoms with van der Waals surface area (Å²) in [7, 11) is 2.02. The summed E-state index contributed by atoms with van der Waals surface area (Å²) in [5.41, 5.74) is 2.11. The van der Waals surface area contributed by atoms with Crippen LogP contribution in [0.1, 0.15) is 30.5 Å². The fourth-order valence-electron chi connectivity index (χ4n) is 3.03. The lowest BCUT2D eigenvalue weighted by molar-refractivity contribution is 0.197. The Balaban J connectivity index is 1.55. The summed E-state index contributed by atoms with van der Waals surface area (Å²) >= 11 is 0. The average molecular weight is 310 g/mol. The predicted molar refractivity (Wildman–Crippen MR) is 83.1 cm³/mol. The molecule has 0 saturated carbocycles. The van der Waals surface area contributed by atoms with E-state index in [1.807, 2.05) is 36.3 Å². The zero-order chi connectivity index (χ0) is 15.6. The van der Waals surface area contributed by atoms with Gasteiger partial charge >= 0.3 is 0 Å². The third-order valence-electron chi connectivity index (χ3n) is 4.31. The second-order valence-corrected chi connectivity index (χ2v) is 5.82. The van der Waals surface area contributed by atoms with E-state index in [1.54, 1.807) is 12.4 Å². The zero-order valence-corrected chi connectivity index (χ0v) is 13.0. The Labute approximate surface area is 134 Å². The van der Waals surface area contributed by atoms with Gasteiger partial charge in [0.05, 0.1) is 18.1 Å². The molecule has 3 aromatic rings. The first-order valence-electron chi connectivity index (χ1n) is 7.74. The number of aryl methyl sites for hydroxylation is 1. The molecule has 3 aromatic heterocycles. The highest BCUT2D eigenvalue weighted by Crippen LogP contribution is 2.33. The summed E-state index contributed by atoms with van der Waals surface area (Å²) in [5.74, 6) is 1.31. The van der Waals surface area contributed by atoms with Gasteiger partial charge in [-0.25, -0.2) is 4.98 Å². The molecule has 1 saturated heterocycles. The van der Waals surface area contributed by atoms with E-state index in [-0.39, 0.29) is 6.04 Å². The van der Waals surface area contributed by atoms with Gasteiger partial charge in [0, 0.05) is 37.7 Å². The minimum atomic E-state index is 0.174. The van der Waals surface area contributed by atoms with Gasteiger partial charge in [-0.1, -0.05) is 5.16 Å². The van der Waals surface area contributed by atoms with Crippen LogP contribution in [0.4, 0.5) is 0 Å². The van der Waals surface area contributed by atoms with E-state index in [1.165, 1.54) is 5.69 Å². The number of pyridine rings is 1. The number of likely N-dealkylation sites (tertiary alicyclic amines) is 1. The van der Waals surface area contributed by atoms with Crippen LogP contribution in [-0.2, 0) is 13.6 Å². The largest absolute Gasteiger partial charge is 0.337 e. The van der Waals surface area contributed by atoms with Crippen molar-refractivity contribution in [3.8, 4) is 11.4 Å². The molecule has 0 aromatic carbocycles. The normalized spacial score (nSPS) is 18.6. The van der Waals surface area contributed by atoms with Crippen molar-refractivity contribution in [1.82, 2.24) is 29.6 Å². The molecule has 7 nitrogen and oxygen atoms in total. The van der Waals surface area contributed by atoms with Gasteiger partial charge in [-0.05, 0) is 31.5 Å². The molecular weight excluding hydrogens is 292 g/mol. The fraction of sp³-hybridized carbons (Fsp3) is 0.375. The second-order valence-electron chi connectivity index (χ2n) is 5.82. The Morgan fingerprint density at radius 2 is 2.13 bits per heavy atom. The number of rotatable bonds is 4. The van der Waals surface area contributed by atoms with Crippen LogP contribution in [0.3, 0.4) is 0 Å². The third kappa shape index (κ3) is 2.75. The number of aromatic nitrogens is 5. The SMILES string of the molecule is Cn1cncc1CN1CCC[C@H]1c1nc(-c2ccncc2)no1. The van der Waals surface area contributed by atoms with Gasteiger partial charge in [-0.15, -0.1) is 0 Å². The Bertz CT molecular complexity index is 781. The van der Waals surface area contributed by atoms with Crippen LogP contribution < -0.4 is 0 Å². The molecule has 1 aliphatic rings. The minimum Gasteiger partial charge on any atom is -0.337 e. The van der Waals surface area contributed by atoms with E-state index in [9.17, 15) is 0 Å². The zero-order valence-electron chi connectivity index (χ0n) is 13.0. The van der Waals surface area contributed by atoms with E-state index >= 15 is 0 Å². The molecule has 0 spiro atoms. The standard InChI is InChI=1S/C16H18N6O/c1-21-11-18-9-13(21)10-22-8-2-3-14(22)16-19-15(20-23-16)12-4-6-17-7-5-12/h4-7,9,11,14H,2-3,8,10H2,1H3/t14-/m0/s1. The van der Waals surface area contributed by atoms with Gasteiger partial charge in [0.15, 0.2) is 0 Å². The lowest BCUT2D eigenvalue weighted by atomic mass is 10.2. The van der Waals surface area contributed by atoms with Crippen molar-refractivity contribution in [2.75, 3.05) is 6.54 Å². The molecule has 0 N–H and O–H groups in total. The van der Waals surface area contributed by atoms with Gasteiger partial charge in [0.25, 0.3) is 0 Å². The van der Waals surface area contributed by atoms with Crippen LogP contribution in [0.2, 0.25) is 0 Å². The van der Waals surface area contributed by atoms with Gasteiger partial charge in [0.1, 0.15) is 0 Å². The Morgan fingerprint density at radius 3 is 2.91 bits per heavy atom. The fourth-order valence-corrected chi connectivity index (χ4v) is 3.03. The first kappa shape index (κ1) is 14.1. The number of imidazole rings is 1. The predicted octanol–water partition coefficient (Wildman–Crippen LogP) is 2.20. The summed E-state index contributed by atoms with van der Waals surface area (Å²) in [6.07, 6.45) is 9.37. The molecule has 4 rings (SSSR count). The van der Waals surface area contributed by atoms with Crippen molar-refractivity contribution in [1.29, 1.82) is 0 Å². The summed E-state index contributed by atoms with van der Waals surface area (Å²) in [5, 5.41) is 4.12. The first-order chi connectivity index (χ1) is 11.3. The lowest BCUT2D eigenvalue weighted by Crippen LogP contribution is -2.24. The van der Waals surface area contributed by atoms with Crippen LogP contribution in [0.5, 0.6) is 0 Å². The average Bonchev–Trinajstić information content (AvgIpc) is 3.30. The molecule has 1 fully saturated rings. The number of nitrogens with zero attached hydrogens (tertiary/aromatic N) is 6. The molecule has 23 heavy (non-hydrogen) atoms. The van der Waals surface area contributed by atoms with Gasteiger partial charge < -0.3 is 9.09 Å². The van der Waals surface area contributed by atoms with Crippen LogP contribution in [0.25, 0.3) is 11.4 Å². The Kier molecular flexibility index (Phi) is 3.63. The molecule has 1 aliphatic heterocycles. The molecular formula is C16H18N6O. The van der Waals surface area contributed by atoms with Gasteiger partial charge in [-0.3, -0.25) is 9.88 Å². The molecule has 7 heteroatoms. The minimum absolute atomic E-state index is 0.174. The molecule has 1 atom stereocenters. The van der Waals surface area contributed by atoms with Crippen molar-refractivity contribution in [3.05, 3.63) is 48.6 Å². The van der Waals surface area contributed by atoms with E-state index in [0.29, 0.717) is 11.7 Å². The van der Waals surface area contributed by atoms with E-state index in [0.717, 1.165) is 31.5 Å². The molecule has 4 heterocycles. The molecule has 0 bridgehead atoms. The smallest absolute Gasteiger partial charge is 0.244 e. The summed E-state index contributed by atoms with van der Waals surface area (Å²) in [6.45, 7) is 1.87. The third-order valence-corrected chi connectivity index (χ3v) is 4.31. The van der Waals surface area contributed by atoms with Crippen molar-refractivity contribution in [3.63, 3.8) is 0 Å². The highest BCUT2D eigenvalue weighted by atomic mass is 16.5. The topological polar surface area (TPSA) is 72.9 Å². The van der Waals surface area contributed by atoms with Gasteiger partial charge in [0.2, 0.25) is 11.7 Å². The number of hydrogen-bond donors (Lipinski definition) is 0. The summed E-state index contributed by atoms with van der Waals surface area (Å²) in [6, 6.07) is 3.95. The Morgan fingerprint density at radius 1 is 1.26 bits per heavy atom. The van der Waals surface area contributed by atoms with Crippen LogP contribution >= 0.6 is 0 Å². The van der Waals surface area contributed by atoms with E-state index in [2.05, 4.69) is 25.0 Å². The van der Waals surface area contributed by atoms with E-state index in [4.69, 9.17) is 4.52 Å². The second kappa shape index (κ2) is 5.92. The first-order valence-corrected chi connectivity index (χ1v) is 7.74. The maximum absolute atomic E-state index is 5.54. The maximum atomic E-state index is 5.54. The van der Waals surface area contributed by atoms with Crippen molar-refractivity contribution in [2.24, 2.45) is 7.05 Å². The van der Waals surface area contributed by atoms with Crippen molar-refractivity contribution < 1.29 is 4.52 Å². The van der Waals surface area contributed by atoms with Crippen molar-refractivity contribution >= 4 is 0 Å². The maximum Gasteiger partial charge on any atom is 0.244 e. The quantitative estimate of drug-likeness (QED) is 0.735. The van der Waals surface area contributed by atoms with Crippen molar-refractivity contribution in [2.45, 2.75) is 25.4 Å². The van der Waals surface area contributed by atoms with Gasteiger partial charge in [-0.2, -0.15) is 4.98 Å². The highest BCUT2D eigenvalue weighted by Gasteiger charge is 2.31. The van der Waals surface area contributed by atoms with Crippen LogP contribution in [-0.4, -0.2) is 36.1 Å². The Hall–Kier alpha value is -2.54. The van der Waals surface area contributed by atoms with Crippen LogP contribution in [0.15, 0.2) is 41.6 Å². The molecule has 0 aliphatic carbocycles. The summed E-state index contributed by atoms with van der Waals surface area (Å²) in [4.78, 5) is 15.2. The molecule has 118 valence electrons. The molecule has 0 unspecified atom stereocenters. The number of hydrogen-bond acceptors (Lipinski definition) is 6.